The van der Waals surface area contributed by atoms with E-state index in [1.54, 1.807) is 43.5 Å². The zero-order valence-corrected chi connectivity index (χ0v) is 9.21. The average Bonchev–Trinajstić information content (AvgIpc) is 2.39. The van der Waals surface area contributed by atoms with Crippen LogP contribution in [-0.2, 0) is 0 Å². The fourth-order valence-electron chi connectivity index (χ4n) is 1.04. The number of aliphatic imine (C=N–C) groups is 1. The van der Waals surface area contributed by atoms with Crippen LogP contribution in [0.3, 0.4) is 0 Å². The van der Waals surface area contributed by atoms with E-state index in [9.17, 15) is 0 Å². The summed E-state index contributed by atoms with van der Waals surface area (Å²) in [5, 5.41) is 17.2. The third kappa shape index (κ3) is 3.37. The first kappa shape index (κ1) is 12.3. The molecule has 1 aromatic carbocycles. The number of benzene rings is 1. The number of nitriles is 2. The molecule has 0 saturated heterocycles. The number of hydrogen-bond donors (Lipinski definition) is 1. The Morgan fingerprint density at radius 2 is 1.94 bits per heavy atom. The predicted molar refractivity (Wildman–Crippen MR) is 63.0 cm³/mol. The Morgan fingerprint density at radius 1 is 1.29 bits per heavy atom. The van der Waals surface area contributed by atoms with E-state index in [0.717, 1.165) is 11.3 Å². The van der Waals surface area contributed by atoms with Crippen molar-refractivity contribution in [1.82, 2.24) is 0 Å². The van der Waals surface area contributed by atoms with Crippen LogP contribution in [0.1, 0.15) is 5.56 Å². The highest BCUT2D eigenvalue weighted by molar-refractivity contribution is 5.81. The van der Waals surface area contributed by atoms with Crippen LogP contribution in [0.2, 0.25) is 0 Å². The van der Waals surface area contributed by atoms with E-state index < -0.39 is 0 Å². The fourth-order valence-corrected chi connectivity index (χ4v) is 1.04. The molecule has 5 heteroatoms. The summed E-state index contributed by atoms with van der Waals surface area (Å²) < 4.78 is 5.00. The second kappa shape index (κ2) is 5.94. The molecule has 0 fully saturated rings. The van der Waals surface area contributed by atoms with Gasteiger partial charge in [-0.25, -0.2) is 4.99 Å². The van der Waals surface area contributed by atoms with Gasteiger partial charge in [0.15, 0.2) is 5.70 Å². The van der Waals surface area contributed by atoms with Crippen LogP contribution in [0, 0.1) is 22.7 Å². The van der Waals surface area contributed by atoms with Gasteiger partial charge >= 0.3 is 0 Å². The summed E-state index contributed by atoms with van der Waals surface area (Å²) in [6.07, 6.45) is 1.46. The Hall–Kier alpha value is -2.79. The molecule has 0 radical (unpaired) electrons. The standard InChI is InChI=1S/C12H10N4O/c1-17-10-4-2-9(3-5-10)8-16-12(7-14)11(15)6-13/h2-5,8H,15H2,1H3/b12-11-,16-8?. The zero-order chi connectivity index (χ0) is 12.7. The van der Waals surface area contributed by atoms with Gasteiger partial charge in [-0.15, -0.1) is 0 Å². The van der Waals surface area contributed by atoms with E-state index in [2.05, 4.69) is 4.99 Å². The summed E-state index contributed by atoms with van der Waals surface area (Å²) in [6, 6.07) is 10.5. The molecule has 0 unspecified atom stereocenters. The van der Waals surface area contributed by atoms with Crippen LogP contribution in [0.5, 0.6) is 5.75 Å². The highest BCUT2D eigenvalue weighted by Gasteiger charge is 1.98. The minimum atomic E-state index is -0.197. The highest BCUT2D eigenvalue weighted by atomic mass is 16.5. The van der Waals surface area contributed by atoms with E-state index in [0.29, 0.717) is 0 Å². The molecular weight excluding hydrogens is 216 g/mol. The van der Waals surface area contributed by atoms with Crippen LogP contribution in [-0.4, -0.2) is 13.3 Å². The second-order valence-corrected chi connectivity index (χ2v) is 3.02. The smallest absolute Gasteiger partial charge is 0.174 e. The molecule has 0 aliphatic heterocycles. The van der Waals surface area contributed by atoms with E-state index in [-0.39, 0.29) is 11.4 Å². The molecule has 0 atom stereocenters. The van der Waals surface area contributed by atoms with Gasteiger partial charge in [-0.1, -0.05) is 0 Å². The van der Waals surface area contributed by atoms with E-state index >= 15 is 0 Å². The monoisotopic (exact) mass is 226 g/mol. The molecule has 0 aliphatic carbocycles. The van der Waals surface area contributed by atoms with Gasteiger partial charge in [0.05, 0.1) is 7.11 Å². The number of nitrogens with two attached hydrogens (primary N) is 1. The van der Waals surface area contributed by atoms with Gasteiger partial charge in [0.25, 0.3) is 0 Å². The van der Waals surface area contributed by atoms with Crippen molar-refractivity contribution in [1.29, 1.82) is 10.5 Å². The highest BCUT2D eigenvalue weighted by Crippen LogP contribution is 2.10. The molecule has 1 rings (SSSR count). The van der Waals surface area contributed by atoms with Gasteiger partial charge in [0, 0.05) is 6.21 Å². The number of allylic oxidation sites excluding steroid dienone is 2. The minimum Gasteiger partial charge on any atom is -0.497 e. The van der Waals surface area contributed by atoms with Crippen LogP contribution in [0.15, 0.2) is 40.7 Å². The Balaban J connectivity index is 2.91. The van der Waals surface area contributed by atoms with Crippen molar-refractivity contribution in [2.45, 2.75) is 0 Å². The normalized spacial score (nSPS) is 11.5. The van der Waals surface area contributed by atoms with Gasteiger partial charge in [-0.2, -0.15) is 10.5 Å². The number of ether oxygens (including phenoxy) is 1. The molecule has 0 amide bonds. The maximum Gasteiger partial charge on any atom is 0.174 e. The lowest BCUT2D eigenvalue weighted by Gasteiger charge is -1.98. The topological polar surface area (TPSA) is 95.2 Å². The molecule has 0 aliphatic rings. The van der Waals surface area contributed by atoms with Crippen molar-refractivity contribution in [2.24, 2.45) is 10.7 Å². The third-order valence-electron chi connectivity index (χ3n) is 1.94. The van der Waals surface area contributed by atoms with Crippen molar-refractivity contribution in [3.63, 3.8) is 0 Å². The molecule has 84 valence electrons. The Labute approximate surface area is 99.1 Å². The average molecular weight is 226 g/mol. The van der Waals surface area contributed by atoms with Gasteiger partial charge in [-0.05, 0) is 29.8 Å². The zero-order valence-electron chi connectivity index (χ0n) is 9.21. The summed E-state index contributed by atoms with van der Waals surface area (Å²) in [7, 11) is 1.58. The van der Waals surface area contributed by atoms with Crippen molar-refractivity contribution < 1.29 is 4.74 Å². The first-order valence-electron chi connectivity index (χ1n) is 4.69. The summed E-state index contributed by atoms with van der Waals surface area (Å²) in [4.78, 5) is 3.84. The SMILES string of the molecule is COc1ccc(C=N/C(C#N)=C(\N)C#N)cc1. The van der Waals surface area contributed by atoms with Crippen LogP contribution >= 0.6 is 0 Å². The molecule has 17 heavy (non-hydrogen) atoms. The maximum absolute atomic E-state index is 8.72. The molecule has 5 nitrogen and oxygen atoms in total. The van der Waals surface area contributed by atoms with Crippen LogP contribution < -0.4 is 10.5 Å². The lowest BCUT2D eigenvalue weighted by Crippen LogP contribution is -1.97. The molecule has 0 spiro atoms. The lowest BCUT2D eigenvalue weighted by molar-refractivity contribution is 0.415. The lowest BCUT2D eigenvalue weighted by atomic mass is 10.2. The number of methoxy groups -OCH3 is 1. The predicted octanol–water partition coefficient (Wildman–Crippen LogP) is 1.33. The molecule has 2 N–H and O–H groups in total. The Morgan fingerprint density at radius 3 is 2.41 bits per heavy atom. The first-order valence-corrected chi connectivity index (χ1v) is 4.69. The molecular formula is C12H10N4O. The van der Waals surface area contributed by atoms with Crippen molar-refractivity contribution in [2.75, 3.05) is 7.11 Å². The van der Waals surface area contributed by atoms with Crippen LogP contribution in [0.4, 0.5) is 0 Å². The van der Waals surface area contributed by atoms with Crippen LogP contribution in [0.25, 0.3) is 0 Å². The fraction of sp³-hybridized carbons (Fsp3) is 0.0833. The number of rotatable bonds is 3. The third-order valence-corrected chi connectivity index (χ3v) is 1.94. The summed E-state index contributed by atoms with van der Waals surface area (Å²) in [6.45, 7) is 0. The molecule has 0 saturated carbocycles. The minimum absolute atomic E-state index is 0.0941. The van der Waals surface area contributed by atoms with Gasteiger partial charge in [0.2, 0.25) is 0 Å². The van der Waals surface area contributed by atoms with Crippen molar-refractivity contribution >= 4 is 6.21 Å². The first-order chi connectivity index (χ1) is 8.21. The van der Waals surface area contributed by atoms with E-state index in [4.69, 9.17) is 21.0 Å². The molecule has 0 heterocycles. The number of nitrogens with zero attached hydrogens (tertiary/aromatic N) is 3. The van der Waals surface area contributed by atoms with Gasteiger partial charge in [0.1, 0.15) is 23.6 Å². The summed E-state index contributed by atoms with van der Waals surface area (Å²) in [5.41, 5.74) is 5.79. The van der Waals surface area contributed by atoms with Crippen molar-refractivity contribution in [3.8, 4) is 17.9 Å². The Kier molecular flexibility index (Phi) is 4.29. The summed E-state index contributed by atoms with van der Waals surface area (Å²) >= 11 is 0. The molecule has 1 aromatic rings. The van der Waals surface area contributed by atoms with Gasteiger partial charge < -0.3 is 10.5 Å². The maximum atomic E-state index is 8.72. The van der Waals surface area contributed by atoms with E-state index in [1.165, 1.54) is 6.21 Å². The quantitative estimate of drug-likeness (QED) is 0.621. The number of hydrogen-bond acceptors (Lipinski definition) is 5. The Bertz CT molecular complexity index is 529. The molecule has 0 bridgehead atoms. The largest absolute Gasteiger partial charge is 0.497 e. The second-order valence-electron chi connectivity index (χ2n) is 3.02. The van der Waals surface area contributed by atoms with Gasteiger partial charge in [-0.3, -0.25) is 0 Å². The van der Waals surface area contributed by atoms with E-state index in [1.807, 2.05) is 0 Å². The van der Waals surface area contributed by atoms with Crippen molar-refractivity contribution in [3.05, 3.63) is 41.2 Å². The summed E-state index contributed by atoms with van der Waals surface area (Å²) in [5.74, 6) is 0.731. The molecule has 0 aromatic heterocycles.